The second-order valence-electron chi connectivity index (χ2n) is 6.78. The van der Waals surface area contributed by atoms with Crippen LogP contribution in [0.5, 0.6) is 11.5 Å². The largest absolute Gasteiger partial charge is 0.457 e. The summed E-state index contributed by atoms with van der Waals surface area (Å²) in [4.78, 5) is 37.3. The SMILES string of the molecule is CCOC(=O)NCCC(=O)N[C@@H]1CC(=O)N(c2ccc(Oc3ccccc3)cc2)C1. The molecule has 1 aliphatic rings. The molecule has 1 heterocycles. The Morgan fingerprint density at radius 1 is 1.07 bits per heavy atom. The molecule has 0 saturated carbocycles. The first kappa shape index (κ1) is 21.2. The van der Waals surface area contributed by atoms with Gasteiger partial charge in [-0.15, -0.1) is 0 Å². The maximum atomic E-state index is 12.4. The van der Waals surface area contributed by atoms with Crippen LogP contribution in [-0.4, -0.2) is 43.6 Å². The number of ether oxygens (including phenoxy) is 2. The fourth-order valence-corrected chi connectivity index (χ4v) is 3.13. The van der Waals surface area contributed by atoms with Gasteiger partial charge >= 0.3 is 6.09 Å². The Morgan fingerprint density at radius 2 is 1.77 bits per heavy atom. The van der Waals surface area contributed by atoms with Crippen LogP contribution in [0.2, 0.25) is 0 Å². The monoisotopic (exact) mass is 411 g/mol. The number of amides is 3. The Labute approximate surface area is 175 Å². The zero-order valence-electron chi connectivity index (χ0n) is 16.8. The zero-order valence-corrected chi connectivity index (χ0v) is 16.8. The lowest BCUT2D eigenvalue weighted by molar-refractivity contribution is -0.121. The highest BCUT2D eigenvalue weighted by Gasteiger charge is 2.31. The molecule has 0 radical (unpaired) electrons. The van der Waals surface area contributed by atoms with E-state index in [1.165, 1.54) is 0 Å². The third-order valence-electron chi connectivity index (χ3n) is 4.51. The fraction of sp³-hybridized carbons (Fsp3) is 0.318. The summed E-state index contributed by atoms with van der Waals surface area (Å²) in [6.07, 6.45) is -0.193. The minimum atomic E-state index is -0.549. The highest BCUT2D eigenvalue weighted by molar-refractivity contribution is 5.96. The van der Waals surface area contributed by atoms with Crippen LogP contribution in [0.25, 0.3) is 0 Å². The normalized spacial score (nSPS) is 15.6. The molecule has 2 N–H and O–H groups in total. The van der Waals surface area contributed by atoms with Crippen LogP contribution in [0.3, 0.4) is 0 Å². The van der Waals surface area contributed by atoms with Crippen LogP contribution in [0, 0.1) is 0 Å². The average molecular weight is 411 g/mol. The lowest BCUT2D eigenvalue weighted by atomic mass is 10.2. The highest BCUT2D eigenvalue weighted by Crippen LogP contribution is 2.26. The smallest absolute Gasteiger partial charge is 0.407 e. The molecule has 8 heteroatoms. The van der Waals surface area contributed by atoms with E-state index in [4.69, 9.17) is 9.47 Å². The first-order valence-electron chi connectivity index (χ1n) is 9.88. The average Bonchev–Trinajstić information content (AvgIpc) is 3.09. The van der Waals surface area contributed by atoms with Crippen LogP contribution in [0.4, 0.5) is 10.5 Å². The summed E-state index contributed by atoms with van der Waals surface area (Å²) in [7, 11) is 0. The van der Waals surface area contributed by atoms with Crippen LogP contribution in [0.15, 0.2) is 54.6 Å². The van der Waals surface area contributed by atoms with Gasteiger partial charge in [0.15, 0.2) is 0 Å². The number of anilines is 1. The van der Waals surface area contributed by atoms with E-state index in [1.807, 2.05) is 54.6 Å². The van der Waals surface area contributed by atoms with Gasteiger partial charge in [0.1, 0.15) is 11.5 Å². The van der Waals surface area contributed by atoms with Crippen molar-refractivity contribution in [2.24, 2.45) is 0 Å². The van der Waals surface area contributed by atoms with E-state index in [-0.39, 0.29) is 43.8 Å². The topological polar surface area (TPSA) is 97.0 Å². The molecule has 0 unspecified atom stereocenters. The number of alkyl carbamates (subject to hydrolysis) is 1. The van der Waals surface area contributed by atoms with E-state index in [0.717, 1.165) is 11.4 Å². The molecule has 3 amide bonds. The van der Waals surface area contributed by atoms with Gasteiger partial charge in [0, 0.05) is 31.6 Å². The van der Waals surface area contributed by atoms with Crippen molar-refractivity contribution in [2.75, 3.05) is 24.6 Å². The van der Waals surface area contributed by atoms with E-state index >= 15 is 0 Å². The number of hydrogen-bond acceptors (Lipinski definition) is 5. The molecule has 1 saturated heterocycles. The van der Waals surface area contributed by atoms with Crippen LogP contribution < -0.4 is 20.3 Å². The summed E-state index contributed by atoms with van der Waals surface area (Å²) in [6, 6.07) is 16.4. The van der Waals surface area contributed by atoms with E-state index in [2.05, 4.69) is 10.6 Å². The Kier molecular flexibility index (Phi) is 7.26. The van der Waals surface area contributed by atoms with Gasteiger partial charge in [-0.25, -0.2) is 4.79 Å². The number of rotatable bonds is 8. The van der Waals surface area contributed by atoms with Crippen LogP contribution in [0.1, 0.15) is 19.8 Å². The third kappa shape index (κ3) is 5.97. The fourth-order valence-electron chi connectivity index (χ4n) is 3.13. The van der Waals surface area contributed by atoms with E-state index in [0.29, 0.717) is 12.3 Å². The lowest BCUT2D eigenvalue weighted by Gasteiger charge is -2.18. The molecule has 2 aromatic rings. The minimum Gasteiger partial charge on any atom is -0.457 e. The van der Waals surface area contributed by atoms with Gasteiger partial charge in [-0.2, -0.15) is 0 Å². The van der Waals surface area contributed by atoms with Crippen molar-refractivity contribution in [1.82, 2.24) is 10.6 Å². The number of nitrogens with one attached hydrogen (secondary N) is 2. The van der Waals surface area contributed by atoms with Crippen molar-refractivity contribution in [3.63, 3.8) is 0 Å². The van der Waals surface area contributed by atoms with Crippen molar-refractivity contribution in [3.05, 3.63) is 54.6 Å². The summed E-state index contributed by atoms with van der Waals surface area (Å²) in [5.41, 5.74) is 0.751. The number of para-hydroxylation sites is 1. The number of hydrogen-bond donors (Lipinski definition) is 2. The van der Waals surface area contributed by atoms with Crippen molar-refractivity contribution in [1.29, 1.82) is 0 Å². The summed E-state index contributed by atoms with van der Waals surface area (Å²) in [5.74, 6) is 1.14. The van der Waals surface area contributed by atoms with Crippen molar-refractivity contribution < 1.29 is 23.9 Å². The molecule has 0 aliphatic carbocycles. The van der Waals surface area contributed by atoms with Gasteiger partial charge in [0.2, 0.25) is 11.8 Å². The standard InChI is InChI=1S/C22H25N3O5/c1-2-29-22(28)23-13-12-20(26)24-16-14-21(27)25(15-16)17-8-10-19(11-9-17)30-18-6-4-3-5-7-18/h3-11,16H,2,12-15H2,1H3,(H,23,28)(H,24,26)/t16-/m1/s1. The second kappa shape index (κ2) is 10.3. The van der Waals surface area contributed by atoms with Crippen molar-refractivity contribution >= 4 is 23.6 Å². The summed E-state index contributed by atoms with van der Waals surface area (Å²) in [5, 5.41) is 5.33. The van der Waals surface area contributed by atoms with Gasteiger partial charge in [-0.3, -0.25) is 9.59 Å². The third-order valence-corrected chi connectivity index (χ3v) is 4.51. The first-order chi connectivity index (χ1) is 14.5. The molecule has 1 fully saturated rings. The number of carbonyl (C=O) groups excluding carboxylic acids is 3. The van der Waals surface area contributed by atoms with E-state index < -0.39 is 6.09 Å². The van der Waals surface area contributed by atoms with Crippen LogP contribution in [-0.2, 0) is 14.3 Å². The maximum absolute atomic E-state index is 12.4. The Balaban J connectivity index is 1.48. The molecule has 1 aliphatic heterocycles. The molecule has 0 bridgehead atoms. The molecule has 0 aromatic heterocycles. The molecular weight excluding hydrogens is 386 g/mol. The summed E-state index contributed by atoms with van der Waals surface area (Å²) in [6.45, 7) is 2.56. The maximum Gasteiger partial charge on any atom is 0.407 e. The van der Waals surface area contributed by atoms with Crippen LogP contribution >= 0.6 is 0 Å². The van der Waals surface area contributed by atoms with Gasteiger partial charge in [0.25, 0.3) is 0 Å². The van der Waals surface area contributed by atoms with Gasteiger partial charge in [0.05, 0.1) is 12.6 Å². The summed E-state index contributed by atoms with van der Waals surface area (Å²) >= 11 is 0. The molecular formula is C22H25N3O5. The van der Waals surface area contributed by atoms with Gasteiger partial charge in [-0.1, -0.05) is 18.2 Å². The number of benzene rings is 2. The molecule has 1 atom stereocenters. The lowest BCUT2D eigenvalue weighted by Crippen LogP contribution is -2.39. The molecule has 3 rings (SSSR count). The highest BCUT2D eigenvalue weighted by atomic mass is 16.5. The Morgan fingerprint density at radius 3 is 2.47 bits per heavy atom. The van der Waals surface area contributed by atoms with E-state index in [1.54, 1.807) is 11.8 Å². The number of carbonyl (C=O) groups is 3. The molecule has 2 aromatic carbocycles. The molecule has 158 valence electrons. The predicted octanol–water partition coefficient (Wildman–Crippen LogP) is 2.84. The predicted molar refractivity (Wildman–Crippen MR) is 112 cm³/mol. The Hall–Kier alpha value is -3.55. The van der Waals surface area contributed by atoms with Crippen molar-refractivity contribution in [3.8, 4) is 11.5 Å². The molecule has 0 spiro atoms. The second-order valence-corrected chi connectivity index (χ2v) is 6.78. The molecule has 30 heavy (non-hydrogen) atoms. The zero-order chi connectivity index (χ0) is 21.3. The van der Waals surface area contributed by atoms with Crippen molar-refractivity contribution in [2.45, 2.75) is 25.8 Å². The summed E-state index contributed by atoms with van der Waals surface area (Å²) < 4.78 is 10.5. The number of nitrogens with zero attached hydrogens (tertiary/aromatic N) is 1. The van der Waals surface area contributed by atoms with E-state index in [9.17, 15) is 14.4 Å². The minimum absolute atomic E-state index is 0.0540. The molecule has 8 nitrogen and oxygen atoms in total. The first-order valence-corrected chi connectivity index (χ1v) is 9.88. The van der Waals surface area contributed by atoms with Gasteiger partial charge < -0.3 is 25.0 Å². The Bertz CT molecular complexity index is 870. The van der Waals surface area contributed by atoms with Gasteiger partial charge in [-0.05, 0) is 43.3 Å². The quantitative estimate of drug-likeness (QED) is 0.696.